The topological polar surface area (TPSA) is 29.9 Å². The number of aromatic nitrogens is 2. The molecule has 0 radical (unpaired) electrons. The minimum absolute atomic E-state index is 0.408. The number of hydrogen-bond acceptors (Lipinski definition) is 2. The fraction of sp³-hybridized carbons (Fsp3) is 0.786. The Morgan fingerprint density at radius 1 is 1.35 bits per heavy atom. The molecule has 3 nitrogen and oxygen atoms in total. The van der Waals surface area contributed by atoms with E-state index in [0.717, 1.165) is 12.5 Å². The second-order valence-corrected chi connectivity index (χ2v) is 5.41. The van der Waals surface area contributed by atoms with Crippen molar-refractivity contribution in [2.75, 3.05) is 0 Å². The van der Waals surface area contributed by atoms with E-state index in [-0.39, 0.29) is 0 Å². The highest BCUT2D eigenvalue weighted by atomic mass is 15.3. The third-order valence-corrected chi connectivity index (χ3v) is 4.01. The van der Waals surface area contributed by atoms with Gasteiger partial charge in [-0.15, -0.1) is 0 Å². The SMILES string of the molecule is CCn1nc(C)c(C(C)NC(C)C2CC2)c1C. The molecule has 1 heterocycles. The van der Waals surface area contributed by atoms with Gasteiger partial charge in [0.25, 0.3) is 0 Å². The standard InChI is InChI=1S/C14H25N3/c1-6-17-12(5)14(11(4)16-17)10(3)15-9(2)13-7-8-13/h9-10,13,15H,6-8H2,1-5H3. The fourth-order valence-electron chi connectivity index (χ4n) is 2.86. The molecule has 1 aliphatic carbocycles. The van der Waals surface area contributed by atoms with Gasteiger partial charge in [0, 0.05) is 29.9 Å². The molecule has 1 aromatic heterocycles. The summed E-state index contributed by atoms with van der Waals surface area (Å²) < 4.78 is 2.10. The van der Waals surface area contributed by atoms with Crippen molar-refractivity contribution in [3.63, 3.8) is 0 Å². The van der Waals surface area contributed by atoms with Crippen molar-refractivity contribution >= 4 is 0 Å². The summed E-state index contributed by atoms with van der Waals surface area (Å²) in [6, 6.07) is 1.04. The maximum Gasteiger partial charge on any atom is 0.0644 e. The van der Waals surface area contributed by atoms with Crippen LogP contribution in [0.15, 0.2) is 0 Å². The Balaban J connectivity index is 2.12. The first-order chi connectivity index (χ1) is 8.04. The maximum atomic E-state index is 4.59. The quantitative estimate of drug-likeness (QED) is 0.850. The van der Waals surface area contributed by atoms with Crippen LogP contribution in [0.25, 0.3) is 0 Å². The lowest BCUT2D eigenvalue weighted by atomic mass is 10.0. The fourth-order valence-corrected chi connectivity index (χ4v) is 2.86. The van der Waals surface area contributed by atoms with E-state index in [1.807, 2.05) is 0 Å². The largest absolute Gasteiger partial charge is 0.307 e. The molecule has 3 heteroatoms. The van der Waals surface area contributed by atoms with Crippen molar-refractivity contribution in [3.8, 4) is 0 Å². The summed E-state index contributed by atoms with van der Waals surface area (Å²) >= 11 is 0. The van der Waals surface area contributed by atoms with Gasteiger partial charge in [-0.3, -0.25) is 4.68 Å². The third kappa shape index (κ3) is 2.54. The van der Waals surface area contributed by atoms with Gasteiger partial charge in [0.15, 0.2) is 0 Å². The van der Waals surface area contributed by atoms with Crippen LogP contribution in [0.2, 0.25) is 0 Å². The highest BCUT2D eigenvalue weighted by Gasteiger charge is 2.29. The van der Waals surface area contributed by atoms with Crippen molar-refractivity contribution in [1.82, 2.24) is 15.1 Å². The average Bonchev–Trinajstić information content (AvgIpc) is 3.05. The van der Waals surface area contributed by atoms with E-state index in [0.29, 0.717) is 12.1 Å². The Hall–Kier alpha value is -0.830. The van der Waals surface area contributed by atoms with Crippen molar-refractivity contribution in [1.29, 1.82) is 0 Å². The smallest absolute Gasteiger partial charge is 0.0644 e. The minimum atomic E-state index is 0.408. The summed E-state index contributed by atoms with van der Waals surface area (Å²) in [5, 5.41) is 8.32. The van der Waals surface area contributed by atoms with E-state index in [2.05, 4.69) is 49.7 Å². The monoisotopic (exact) mass is 235 g/mol. The molecular weight excluding hydrogens is 210 g/mol. The van der Waals surface area contributed by atoms with Crippen LogP contribution in [0.3, 0.4) is 0 Å². The second kappa shape index (κ2) is 4.81. The van der Waals surface area contributed by atoms with Crippen LogP contribution in [0.5, 0.6) is 0 Å². The normalized spacial score (nSPS) is 19.4. The molecule has 0 aromatic carbocycles. The van der Waals surface area contributed by atoms with Crippen molar-refractivity contribution in [2.45, 2.75) is 66.1 Å². The molecule has 0 aliphatic heterocycles. The Morgan fingerprint density at radius 3 is 2.47 bits per heavy atom. The van der Waals surface area contributed by atoms with E-state index in [1.165, 1.54) is 29.8 Å². The van der Waals surface area contributed by atoms with Gasteiger partial charge in [-0.05, 0) is 53.4 Å². The number of nitrogens with one attached hydrogen (secondary N) is 1. The van der Waals surface area contributed by atoms with Crippen LogP contribution in [0, 0.1) is 19.8 Å². The molecule has 1 saturated carbocycles. The lowest BCUT2D eigenvalue weighted by molar-refractivity contribution is 0.439. The second-order valence-electron chi connectivity index (χ2n) is 5.41. The first-order valence-corrected chi connectivity index (χ1v) is 6.84. The predicted molar refractivity (Wildman–Crippen MR) is 71.1 cm³/mol. The van der Waals surface area contributed by atoms with Crippen LogP contribution in [-0.2, 0) is 6.54 Å². The van der Waals surface area contributed by atoms with E-state index in [4.69, 9.17) is 0 Å². The molecular formula is C14H25N3. The number of hydrogen-bond donors (Lipinski definition) is 1. The minimum Gasteiger partial charge on any atom is -0.307 e. The molecule has 1 aliphatic rings. The number of aryl methyl sites for hydroxylation is 2. The summed E-state index contributed by atoms with van der Waals surface area (Å²) in [6.45, 7) is 12.0. The molecule has 0 amide bonds. The Kier molecular flexibility index (Phi) is 3.57. The van der Waals surface area contributed by atoms with Crippen LogP contribution < -0.4 is 5.32 Å². The molecule has 96 valence electrons. The summed E-state index contributed by atoms with van der Waals surface area (Å²) in [7, 11) is 0. The molecule has 2 unspecified atom stereocenters. The van der Waals surface area contributed by atoms with Gasteiger partial charge in [-0.25, -0.2) is 0 Å². The van der Waals surface area contributed by atoms with E-state index in [1.54, 1.807) is 0 Å². The van der Waals surface area contributed by atoms with Gasteiger partial charge < -0.3 is 5.32 Å². The molecule has 1 fully saturated rings. The van der Waals surface area contributed by atoms with Gasteiger partial charge in [0.05, 0.1) is 5.69 Å². The van der Waals surface area contributed by atoms with E-state index < -0.39 is 0 Å². The molecule has 0 bridgehead atoms. The van der Waals surface area contributed by atoms with Crippen molar-refractivity contribution in [2.24, 2.45) is 5.92 Å². The van der Waals surface area contributed by atoms with Crippen LogP contribution >= 0.6 is 0 Å². The van der Waals surface area contributed by atoms with Gasteiger partial charge >= 0.3 is 0 Å². The summed E-state index contributed by atoms with van der Waals surface area (Å²) in [4.78, 5) is 0. The van der Waals surface area contributed by atoms with Gasteiger partial charge in [0.2, 0.25) is 0 Å². The first kappa shape index (κ1) is 12.6. The number of rotatable bonds is 5. The van der Waals surface area contributed by atoms with Gasteiger partial charge in [-0.1, -0.05) is 0 Å². The van der Waals surface area contributed by atoms with Crippen LogP contribution in [-0.4, -0.2) is 15.8 Å². The summed E-state index contributed by atoms with van der Waals surface area (Å²) in [6.07, 6.45) is 2.79. The maximum absolute atomic E-state index is 4.59. The Bertz CT molecular complexity index is 390. The van der Waals surface area contributed by atoms with Gasteiger partial charge in [0.1, 0.15) is 0 Å². The van der Waals surface area contributed by atoms with Crippen molar-refractivity contribution < 1.29 is 0 Å². The first-order valence-electron chi connectivity index (χ1n) is 6.84. The zero-order valence-corrected chi connectivity index (χ0v) is 11.7. The molecule has 0 saturated heterocycles. The van der Waals surface area contributed by atoms with Crippen LogP contribution in [0.1, 0.15) is 56.6 Å². The zero-order valence-electron chi connectivity index (χ0n) is 11.7. The molecule has 1 aromatic rings. The molecule has 2 rings (SSSR count). The molecule has 1 N–H and O–H groups in total. The zero-order chi connectivity index (χ0) is 12.6. The van der Waals surface area contributed by atoms with E-state index >= 15 is 0 Å². The average molecular weight is 235 g/mol. The molecule has 0 spiro atoms. The van der Waals surface area contributed by atoms with E-state index in [9.17, 15) is 0 Å². The van der Waals surface area contributed by atoms with Crippen LogP contribution in [0.4, 0.5) is 0 Å². The lowest BCUT2D eigenvalue weighted by Crippen LogP contribution is -2.31. The highest BCUT2D eigenvalue weighted by molar-refractivity contribution is 5.28. The summed E-state index contributed by atoms with van der Waals surface area (Å²) in [5.41, 5.74) is 3.87. The highest BCUT2D eigenvalue weighted by Crippen LogP contribution is 2.34. The molecule has 17 heavy (non-hydrogen) atoms. The van der Waals surface area contributed by atoms with Gasteiger partial charge in [-0.2, -0.15) is 5.10 Å². The third-order valence-electron chi connectivity index (χ3n) is 4.01. The predicted octanol–water partition coefficient (Wildman–Crippen LogP) is 2.97. The lowest BCUT2D eigenvalue weighted by Gasteiger charge is -2.20. The Morgan fingerprint density at radius 2 is 2.00 bits per heavy atom. The summed E-state index contributed by atoms with van der Waals surface area (Å²) in [5.74, 6) is 0.902. The Labute approximate surface area is 105 Å². The molecule has 2 atom stereocenters. The van der Waals surface area contributed by atoms with Crippen molar-refractivity contribution in [3.05, 3.63) is 17.0 Å². The number of nitrogens with zero attached hydrogens (tertiary/aromatic N) is 2.